The van der Waals surface area contributed by atoms with Crippen molar-refractivity contribution in [3.05, 3.63) is 111 Å². The first-order chi connectivity index (χ1) is 22.1. The molecule has 1 radical (unpaired) electrons. The minimum atomic E-state index is -4.97. The molecule has 1 aliphatic rings. The van der Waals surface area contributed by atoms with Crippen molar-refractivity contribution in [3.63, 3.8) is 0 Å². The number of nitrogens with zero attached hydrogens (tertiary/aromatic N) is 5. The highest BCUT2D eigenvalue weighted by atomic mass is 19.4. The molecular weight excluding hydrogens is 606 g/mol. The van der Waals surface area contributed by atoms with Gasteiger partial charge in [-0.2, -0.15) is 18.3 Å². The van der Waals surface area contributed by atoms with E-state index in [1.807, 2.05) is 0 Å². The number of rotatable bonds is 8. The largest absolute Gasteiger partial charge is 0.497 e. The average molecular weight is 635 g/mol. The van der Waals surface area contributed by atoms with Gasteiger partial charge in [0.25, 0.3) is 11.1 Å². The normalized spacial score (nSPS) is 16.8. The van der Waals surface area contributed by atoms with E-state index >= 15 is 0 Å². The van der Waals surface area contributed by atoms with Crippen LogP contribution < -0.4 is 20.6 Å². The Morgan fingerprint density at radius 3 is 2.50 bits per heavy atom. The minimum absolute atomic E-state index is 0.107. The average Bonchev–Trinajstić information content (AvgIpc) is 3.04. The third kappa shape index (κ3) is 6.49. The number of hydrogen-bond donors (Lipinski definition) is 0. The Balaban J connectivity index is 1.19. The zero-order valence-electron chi connectivity index (χ0n) is 24.6. The van der Waals surface area contributed by atoms with Gasteiger partial charge in [-0.15, -0.1) is 0 Å². The van der Waals surface area contributed by atoms with E-state index in [1.54, 1.807) is 36.5 Å². The van der Waals surface area contributed by atoms with E-state index in [4.69, 9.17) is 9.47 Å². The molecule has 0 saturated heterocycles. The summed E-state index contributed by atoms with van der Waals surface area (Å²) in [6.07, 6.45) is 1.90. The summed E-state index contributed by atoms with van der Waals surface area (Å²) in [5, 5.41) is 4.69. The maximum absolute atomic E-state index is 15.0. The summed E-state index contributed by atoms with van der Waals surface area (Å²) in [6, 6.07) is 13.6. The van der Waals surface area contributed by atoms with Crippen LogP contribution in [-0.4, -0.2) is 37.5 Å². The third-order valence-corrected chi connectivity index (χ3v) is 8.10. The van der Waals surface area contributed by atoms with Crippen molar-refractivity contribution in [2.75, 3.05) is 7.11 Å². The highest BCUT2D eigenvalue weighted by molar-refractivity contribution is 5.85. The van der Waals surface area contributed by atoms with Crippen molar-refractivity contribution in [1.82, 2.24) is 24.3 Å². The molecule has 0 aliphatic heterocycles. The first kappa shape index (κ1) is 30.9. The van der Waals surface area contributed by atoms with E-state index < -0.39 is 40.5 Å². The number of fused-ring (bicyclic) bond motifs is 1. The van der Waals surface area contributed by atoms with Gasteiger partial charge in [0.1, 0.15) is 11.6 Å². The summed E-state index contributed by atoms with van der Waals surface area (Å²) in [4.78, 5) is 34.4. The molecule has 3 heterocycles. The van der Waals surface area contributed by atoms with Gasteiger partial charge >= 0.3 is 6.18 Å². The second-order valence-corrected chi connectivity index (χ2v) is 11.2. The van der Waals surface area contributed by atoms with Crippen LogP contribution in [0.3, 0.4) is 0 Å². The Bertz CT molecular complexity index is 1980. The fraction of sp³-hybridized carbons (Fsp3) is 0.303. The van der Waals surface area contributed by atoms with Crippen molar-refractivity contribution >= 4 is 10.8 Å². The Morgan fingerprint density at radius 1 is 1.02 bits per heavy atom. The summed E-state index contributed by atoms with van der Waals surface area (Å²) in [5.74, 6) is -0.622. The quantitative estimate of drug-likeness (QED) is 0.203. The lowest BCUT2D eigenvalue weighted by molar-refractivity contribution is -0.141. The molecule has 0 N–H and O–H groups in total. The summed E-state index contributed by atoms with van der Waals surface area (Å²) < 4.78 is 70.6. The first-order valence-electron chi connectivity index (χ1n) is 14.6. The second-order valence-electron chi connectivity index (χ2n) is 11.2. The molecule has 0 amide bonds. The number of halogens is 4. The molecule has 9 nitrogen and oxygen atoms in total. The number of hydrogen-bond acceptors (Lipinski definition) is 7. The number of pyridine rings is 1. The minimum Gasteiger partial charge on any atom is -0.497 e. The van der Waals surface area contributed by atoms with E-state index in [2.05, 4.69) is 21.1 Å². The van der Waals surface area contributed by atoms with Crippen molar-refractivity contribution in [2.24, 2.45) is 5.92 Å². The molecule has 0 unspecified atom stereocenters. The zero-order chi connectivity index (χ0) is 32.4. The van der Waals surface area contributed by atoms with Gasteiger partial charge in [-0.1, -0.05) is 12.1 Å². The van der Waals surface area contributed by atoms with Crippen LogP contribution in [0.4, 0.5) is 17.6 Å². The number of methoxy groups -OCH3 is 1. The molecule has 1 aliphatic carbocycles. The summed E-state index contributed by atoms with van der Waals surface area (Å²) in [5.41, 5.74) is -2.37. The standard InChI is InChI=1S/C33H28F4N5O4/c1-45-23-8-6-20(7-9-23)19-42-32(44)29(33(35,36)37)28(17-40-42)46-24-5-2-4-21(14-24)18-41-13-10-22-15-26(30-38-11-3-12-39-30)27(34)16-25(22)31(41)43/h6-13,15-17,21,24H,2,4-5,14,18-19H2,1H3/t21-,24+/m1/s1. The van der Waals surface area contributed by atoms with Crippen LogP contribution >= 0.6 is 0 Å². The number of aromatic nitrogens is 5. The molecule has 1 saturated carbocycles. The van der Waals surface area contributed by atoms with E-state index in [0.717, 1.165) is 10.9 Å². The lowest BCUT2D eigenvalue weighted by Gasteiger charge is -2.30. The van der Waals surface area contributed by atoms with E-state index in [-0.39, 0.29) is 35.8 Å². The van der Waals surface area contributed by atoms with Crippen LogP contribution in [0, 0.1) is 17.8 Å². The number of alkyl halides is 3. The summed E-state index contributed by atoms with van der Waals surface area (Å²) >= 11 is 0. The monoisotopic (exact) mass is 634 g/mol. The van der Waals surface area contributed by atoms with Gasteiger partial charge in [-0.05, 0) is 72.9 Å². The second kappa shape index (κ2) is 12.7. The number of ether oxygens (including phenoxy) is 2. The van der Waals surface area contributed by atoms with Crippen LogP contribution in [0.15, 0.2) is 76.8 Å². The highest BCUT2D eigenvalue weighted by Crippen LogP contribution is 2.36. The Labute approximate surface area is 260 Å². The van der Waals surface area contributed by atoms with Gasteiger partial charge < -0.3 is 14.0 Å². The Kier molecular flexibility index (Phi) is 8.57. The van der Waals surface area contributed by atoms with Gasteiger partial charge in [0.2, 0.25) is 0 Å². The van der Waals surface area contributed by atoms with Gasteiger partial charge in [-0.25, -0.2) is 19.0 Å². The lowest BCUT2D eigenvalue weighted by atomic mass is 9.87. The molecule has 1 fully saturated rings. The molecule has 2 atom stereocenters. The van der Waals surface area contributed by atoms with Crippen LogP contribution in [0.5, 0.6) is 11.5 Å². The molecule has 0 bridgehead atoms. The molecule has 237 valence electrons. The van der Waals surface area contributed by atoms with E-state index in [0.29, 0.717) is 42.4 Å². The van der Waals surface area contributed by atoms with Crippen molar-refractivity contribution in [1.29, 1.82) is 0 Å². The van der Waals surface area contributed by atoms with Crippen LogP contribution in [-0.2, 0) is 19.3 Å². The van der Waals surface area contributed by atoms with Crippen LogP contribution in [0.1, 0.15) is 36.8 Å². The van der Waals surface area contributed by atoms with Crippen LogP contribution in [0.25, 0.3) is 22.2 Å². The topological polar surface area (TPSA) is 101 Å². The van der Waals surface area contributed by atoms with Crippen molar-refractivity contribution in [2.45, 2.75) is 51.1 Å². The SMILES string of the molecule is COc1ccc(Cn2ncc(O[C@H]3CCC[C@@H](Cn4ccc5cc(-c6nc[c]cn6)c(F)cc5c4=O)C3)c(C(F)(F)F)c2=O)cc1. The maximum atomic E-state index is 15.0. The summed E-state index contributed by atoms with van der Waals surface area (Å²) in [6.45, 7) is 0.103. The molecule has 13 heteroatoms. The third-order valence-electron chi connectivity index (χ3n) is 8.10. The van der Waals surface area contributed by atoms with Gasteiger partial charge in [0.15, 0.2) is 17.1 Å². The summed E-state index contributed by atoms with van der Waals surface area (Å²) in [7, 11) is 1.49. The fourth-order valence-corrected chi connectivity index (χ4v) is 5.84. The molecule has 0 spiro atoms. The Hall–Kier alpha value is -5.07. The molecule has 6 rings (SSSR count). The molecule has 2 aromatic carbocycles. The first-order valence-corrected chi connectivity index (χ1v) is 14.6. The fourth-order valence-electron chi connectivity index (χ4n) is 5.84. The van der Waals surface area contributed by atoms with Gasteiger partial charge in [-0.3, -0.25) is 9.59 Å². The van der Waals surface area contributed by atoms with Gasteiger partial charge in [0, 0.05) is 31.2 Å². The number of benzene rings is 2. The molecule has 46 heavy (non-hydrogen) atoms. The van der Waals surface area contributed by atoms with Crippen molar-refractivity contribution in [3.8, 4) is 22.9 Å². The maximum Gasteiger partial charge on any atom is 0.425 e. The molecular formula is C33H28F4N5O4. The van der Waals surface area contributed by atoms with E-state index in [9.17, 15) is 27.2 Å². The smallest absolute Gasteiger partial charge is 0.425 e. The molecule has 3 aromatic heterocycles. The highest BCUT2D eigenvalue weighted by Gasteiger charge is 2.40. The lowest BCUT2D eigenvalue weighted by Crippen LogP contribution is -2.34. The Morgan fingerprint density at radius 2 is 1.78 bits per heavy atom. The van der Waals surface area contributed by atoms with Crippen molar-refractivity contribution < 1.29 is 27.0 Å². The predicted molar refractivity (Wildman–Crippen MR) is 160 cm³/mol. The van der Waals surface area contributed by atoms with Crippen LogP contribution in [0.2, 0.25) is 0 Å². The molecule has 5 aromatic rings. The zero-order valence-corrected chi connectivity index (χ0v) is 24.6. The van der Waals surface area contributed by atoms with Gasteiger partial charge in [0.05, 0.1) is 36.9 Å². The van der Waals surface area contributed by atoms with E-state index in [1.165, 1.54) is 36.2 Å². The predicted octanol–water partition coefficient (Wildman–Crippen LogP) is 5.67.